The largest absolute Gasteiger partial charge is 0.330 e. The van der Waals surface area contributed by atoms with Crippen molar-refractivity contribution < 1.29 is 0 Å². The van der Waals surface area contributed by atoms with Gasteiger partial charge in [0, 0.05) is 12.6 Å². The average molecular weight is 281 g/mol. The summed E-state index contributed by atoms with van der Waals surface area (Å²) in [5.41, 5.74) is 6.04. The minimum Gasteiger partial charge on any atom is -0.330 e. The van der Waals surface area contributed by atoms with Gasteiger partial charge in [-0.05, 0) is 77.2 Å². The summed E-state index contributed by atoms with van der Waals surface area (Å²) in [5, 5.41) is 0. The second-order valence-electron chi connectivity index (χ2n) is 7.34. The third kappa shape index (κ3) is 4.19. The fourth-order valence-electron chi connectivity index (χ4n) is 4.27. The van der Waals surface area contributed by atoms with Crippen LogP contribution in [0.5, 0.6) is 0 Å². The number of likely N-dealkylation sites (tertiary alicyclic amines) is 1. The predicted octanol–water partition coefficient (Wildman–Crippen LogP) is 2.41. The highest BCUT2D eigenvalue weighted by molar-refractivity contribution is 4.87. The van der Waals surface area contributed by atoms with Crippen molar-refractivity contribution in [3.8, 4) is 0 Å². The average Bonchev–Trinajstić information content (AvgIpc) is 2.48. The highest BCUT2D eigenvalue weighted by Gasteiger charge is 2.32. The van der Waals surface area contributed by atoms with E-state index in [1.54, 1.807) is 0 Å². The Balaban J connectivity index is 1.86. The van der Waals surface area contributed by atoms with Gasteiger partial charge in [-0.2, -0.15) is 0 Å². The number of nitrogens with two attached hydrogens (primary N) is 1. The van der Waals surface area contributed by atoms with Crippen LogP contribution >= 0.6 is 0 Å². The molecule has 3 heteroatoms. The molecule has 3 unspecified atom stereocenters. The third-order valence-electron chi connectivity index (χ3n) is 5.90. The van der Waals surface area contributed by atoms with E-state index in [0.29, 0.717) is 0 Å². The van der Waals surface area contributed by atoms with Crippen LogP contribution in [0.4, 0.5) is 0 Å². The van der Waals surface area contributed by atoms with Crippen molar-refractivity contribution >= 4 is 0 Å². The van der Waals surface area contributed by atoms with Gasteiger partial charge >= 0.3 is 0 Å². The summed E-state index contributed by atoms with van der Waals surface area (Å²) in [6, 6.07) is 0.735. The van der Waals surface area contributed by atoms with Crippen molar-refractivity contribution in [2.24, 2.45) is 23.5 Å². The molecule has 3 nitrogen and oxygen atoms in total. The Hall–Kier alpha value is -0.120. The molecule has 0 radical (unpaired) electrons. The molecule has 0 amide bonds. The molecule has 0 aromatic heterocycles. The van der Waals surface area contributed by atoms with Crippen LogP contribution in [0.3, 0.4) is 0 Å². The van der Waals surface area contributed by atoms with Crippen LogP contribution in [-0.4, -0.2) is 56.1 Å². The summed E-state index contributed by atoms with van der Waals surface area (Å²) in [6.07, 6.45) is 8.21. The normalized spacial score (nSPS) is 33.8. The first-order valence-corrected chi connectivity index (χ1v) is 8.72. The van der Waals surface area contributed by atoms with Gasteiger partial charge in [-0.3, -0.25) is 0 Å². The van der Waals surface area contributed by atoms with Gasteiger partial charge in [-0.1, -0.05) is 19.8 Å². The van der Waals surface area contributed by atoms with Crippen LogP contribution in [0, 0.1) is 17.8 Å². The van der Waals surface area contributed by atoms with E-state index in [0.717, 1.165) is 30.3 Å². The Bertz CT molecular complexity index is 273. The molecule has 0 spiro atoms. The zero-order valence-electron chi connectivity index (χ0n) is 13.9. The molecule has 1 aliphatic carbocycles. The molecule has 0 aromatic rings. The summed E-state index contributed by atoms with van der Waals surface area (Å²) in [6.45, 7) is 7.06. The second-order valence-corrected chi connectivity index (χ2v) is 7.34. The van der Waals surface area contributed by atoms with Gasteiger partial charge < -0.3 is 15.5 Å². The van der Waals surface area contributed by atoms with E-state index in [1.807, 2.05) is 0 Å². The highest BCUT2D eigenvalue weighted by Crippen LogP contribution is 2.34. The fraction of sp³-hybridized carbons (Fsp3) is 1.00. The van der Waals surface area contributed by atoms with Crippen LogP contribution < -0.4 is 5.73 Å². The molecule has 20 heavy (non-hydrogen) atoms. The van der Waals surface area contributed by atoms with Gasteiger partial charge in [-0.15, -0.1) is 0 Å². The molecule has 1 aliphatic heterocycles. The van der Waals surface area contributed by atoms with Gasteiger partial charge in [0.1, 0.15) is 0 Å². The van der Waals surface area contributed by atoms with Gasteiger partial charge in [-0.25, -0.2) is 0 Å². The zero-order chi connectivity index (χ0) is 14.5. The van der Waals surface area contributed by atoms with Crippen molar-refractivity contribution in [2.75, 3.05) is 40.3 Å². The van der Waals surface area contributed by atoms with Gasteiger partial charge in [0.15, 0.2) is 0 Å². The molecule has 3 atom stereocenters. The van der Waals surface area contributed by atoms with E-state index < -0.39 is 0 Å². The first-order chi connectivity index (χ1) is 9.63. The molecule has 2 aliphatic rings. The van der Waals surface area contributed by atoms with E-state index in [9.17, 15) is 0 Å². The van der Waals surface area contributed by atoms with Crippen LogP contribution in [0.15, 0.2) is 0 Å². The van der Waals surface area contributed by atoms with E-state index in [2.05, 4.69) is 30.8 Å². The summed E-state index contributed by atoms with van der Waals surface area (Å²) in [5.74, 6) is 2.56. The summed E-state index contributed by atoms with van der Waals surface area (Å²) < 4.78 is 0. The standard InChI is InChI=1S/C17H35N3/c1-4-14-5-6-16(12-18)17(11-14)20(3)13-15-7-9-19(2)10-8-15/h14-17H,4-13,18H2,1-3H3. The summed E-state index contributed by atoms with van der Waals surface area (Å²) in [7, 11) is 4.60. The molecule has 1 saturated heterocycles. The monoisotopic (exact) mass is 281 g/mol. The minimum atomic E-state index is 0.731. The number of hydrogen-bond donors (Lipinski definition) is 1. The molecule has 0 bridgehead atoms. The van der Waals surface area contributed by atoms with Crippen molar-refractivity contribution in [3.05, 3.63) is 0 Å². The summed E-state index contributed by atoms with van der Waals surface area (Å²) in [4.78, 5) is 5.13. The Morgan fingerprint density at radius 1 is 1.10 bits per heavy atom. The van der Waals surface area contributed by atoms with E-state index >= 15 is 0 Å². The molecule has 1 heterocycles. The number of nitrogens with zero attached hydrogens (tertiary/aromatic N) is 2. The first kappa shape index (κ1) is 16.3. The quantitative estimate of drug-likeness (QED) is 0.840. The molecule has 118 valence electrons. The number of hydrogen-bond acceptors (Lipinski definition) is 3. The molecular formula is C17H35N3. The van der Waals surface area contributed by atoms with Gasteiger partial charge in [0.25, 0.3) is 0 Å². The Morgan fingerprint density at radius 2 is 1.80 bits per heavy atom. The SMILES string of the molecule is CCC1CCC(CN)C(N(C)CC2CCN(C)CC2)C1. The lowest BCUT2D eigenvalue weighted by atomic mass is 9.76. The van der Waals surface area contributed by atoms with Crippen LogP contribution in [0.1, 0.15) is 45.4 Å². The van der Waals surface area contributed by atoms with Crippen molar-refractivity contribution in [1.29, 1.82) is 0 Å². The van der Waals surface area contributed by atoms with E-state index in [1.165, 1.54) is 58.2 Å². The lowest BCUT2D eigenvalue weighted by Crippen LogP contribution is -2.47. The maximum absolute atomic E-state index is 6.04. The highest BCUT2D eigenvalue weighted by atomic mass is 15.1. The maximum atomic E-state index is 6.04. The zero-order valence-corrected chi connectivity index (χ0v) is 13.9. The molecule has 0 aromatic carbocycles. The fourth-order valence-corrected chi connectivity index (χ4v) is 4.27. The Kier molecular flexibility index (Phi) is 6.31. The lowest BCUT2D eigenvalue weighted by Gasteiger charge is -2.42. The van der Waals surface area contributed by atoms with Crippen molar-refractivity contribution in [2.45, 2.75) is 51.5 Å². The number of rotatable bonds is 5. The maximum Gasteiger partial charge on any atom is 0.0135 e. The Morgan fingerprint density at radius 3 is 2.40 bits per heavy atom. The molecule has 2 fully saturated rings. The van der Waals surface area contributed by atoms with E-state index in [-0.39, 0.29) is 0 Å². The second kappa shape index (κ2) is 7.77. The third-order valence-corrected chi connectivity index (χ3v) is 5.90. The Labute approximate surface area is 125 Å². The predicted molar refractivity (Wildman–Crippen MR) is 86.8 cm³/mol. The molecule has 2 N–H and O–H groups in total. The van der Waals surface area contributed by atoms with Crippen LogP contribution in [0.2, 0.25) is 0 Å². The first-order valence-electron chi connectivity index (χ1n) is 8.72. The van der Waals surface area contributed by atoms with Crippen LogP contribution in [0.25, 0.3) is 0 Å². The molecule has 2 rings (SSSR count). The molecule has 1 saturated carbocycles. The van der Waals surface area contributed by atoms with E-state index in [4.69, 9.17) is 5.73 Å². The van der Waals surface area contributed by atoms with Crippen LogP contribution in [-0.2, 0) is 0 Å². The summed E-state index contributed by atoms with van der Waals surface area (Å²) >= 11 is 0. The van der Waals surface area contributed by atoms with Gasteiger partial charge in [0.05, 0.1) is 0 Å². The number of piperidine rings is 1. The van der Waals surface area contributed by atoms with Crippen molar-refractivity contribution in [1.82, 2.24) is 9.80 Å². The smallest absolute Gasteiger partial charge is 0.0135 e. The van der Waals surface area contributed by atoms with Gasteiger partial charge in [0.2, 0.25) is 0 Å². The lowest BCUT2D eigenvalue weighted by molar-refractivity contribution is 0.0760. The molecular weight excluding hydrogens is 246 g/mol. The minimum absolute atomic E-state index is 0.731. The van der Waals surface area contributed by atoms with Crippen molar-refractivity contribution in [3.63, 3.8) is 0 Å². The topological polar surface area (TPSA) is 32.5 Å².